The molecule has 0 radical (unpaired) electrons. The minimum atomic E-state index is -0.0138. The molecule has 0 aromatic heterocycles. The van der Waals surface area contributed by atoms with Gasteiger partial charge < -0.3 is 10.1 Å². The van der Waals surface area contributed by atoms with Gasteiger partial charge in [0.25, 0.3) is 0 Å². The van der Waals surface area contributed by atoms with Crippen molar-refractivity contribution in [3.63, 3.8) is 0 Å². The summed E-state index contributed by atoms with van der Waals surface area (Å²) in [6, 6.07) is 12.7. The zero-order valence-electron chi connectivity index (χ0n) is 12.1. The third kappa shape index (κ3) is 2.85. The second kappa shape index (κ2) is 6.07. The van der Waals surface area contributed by atoms with Crippen LogP contribution in [0.1, 0.15) is 17.3 Å². The normalized spacial score (nSPS) is 13.4. The number of benzene rings is 2. The predicted molar refractivity (Wildman–Crippen MR) is 91.0 cm³/mol. The van der Waals surface area contributed by atoms with Gasteiger partial charge in [-0.2, -0.15) is 0 Å². The van der Waals surface area contributed by atoms with E-state index in [9.17, 15) is 4.79 Å². The largest absolute Gasteiger partial charge is 0.497 e. The quantitative estimate of drug-likeness (QED) is 0.805. The van der Waals surface area contributed by atoms with Gasteiger partial charge in [0.15, 0.2) is 0 Å². The molecule has 5 heteroatoms. The zero-order valence-corrected chi connectivity index (χ0v) is 13.7. The van der Waals surface area contributed by atoms with Crippen molar-refractivity contribution < 1.29 is 9.53 Å². The maximum atomic E-state index is 12.7. The number of ether oxygens (including phenoxy) is 1. The van der Waals surface area contributed by atoms with Gasteiger partial charge in [-0.25, -0.2) is 0 Å². The molecular formula is C17H14ClNO2S. The van der Waals surface area contributed by atoms with E-state index in [0.717, 1.165) is 22.0 Å². The van der Waals surface area contributed by atoms with Crippen LogP contribution in [-0.4, -0.2) is 12.9 Å². The van der Waals surface area contributed by atoms with Gasteiger partial charge in [-0.1, -0.05) is 23.4 Å². The molecular weight excluding hydrogens is 318 g/mol. The third-order valence-corrected chi connectivity index (χ3v) is 4.88. The molecule has 3 rings (SSSR count). The Balaban J connectivity index is 1.93. The van der Waals surface area contributed by atoms with E-state index in [1.54, 1.807) is 31.4 Å². The van der Waals surface area contributed by atoms with Gasteiger partial charge in [-0.15, -0.1) is 0 Å². The Morgan fingerprint density at radius 3 is 2.59 bits per heavy atom. The predicted octanol–water partition coefficient (Wildman–Crippen LogP) is 4.98. The van der Waals surface area contributed by atoms with Crippen LogP contribution in [0.4, 0.5) is 5.69 Å². The molecule has 0 saturated carbocycles. The van der Waals surface area contributed by atoms with Crippen LogP contribution in [0.2, 0.25) is 5.02 Å². The van der Waals surface area contributed by atoms with E-state index < -0.39 is 0 Å². The highest BCUT2D eigenvalue weighted by atomic mass is 35.5. The van der Waals surface area contributed by atoms with Gasteiger partial charge in [0, 0.05) is 21.2 Å². The number of carbonyl (C=O) groups is 1. The second-order valence-corrected chi connectivity index (χ2v) is 6.37. The molecule has 3 nitrogen and oxygen atoms in total. The number of hydrogen-bond donors (Lipinski definition) is 1. The minimum Gasteiger partial charge on any atom is -0.497 e. The van der Waals surface area contributed by atoms with Crippen molar-refractivity contribution in [3.8, 4) is 5.75 Å². The molecule has 0 spiro atoms. The van der Waals surface area contributed by atoms with E-state index in [-0.39, 0.29) is 5.78 Å². The first-order chi connectivity index (χ1) is 10.6. The topological polar surface area (TPSA) is 38.3 Å². The maximum Gasteiger partial charge on any atom is 0.201 e. The number of Topliss-reactive ketones (excluding diaryl/α,β-unsaturated/α-hetero) is 1. The molecule has 0 saturated heterocycles. The number of hydrogen-bond acceptors (Lipinski definition) is 4. The van der Waals surface area contributed by atoms with Crippen LogP contribution in [0.3, 0.4) is 0 Å². The molecule has 0 bridgehead atoms. The summed E-state index contributed by atoms with van der Waals surface area (Å²) in [4.78, 5) is 14.4. The van der Waals surface area contributed by atoms with Crippen LogP contribution < -0.4 is 10.1 Å². The summed E-state index contributed by atoms with van der Waals surface area (Å²) in [5.74, 6) is 0.756. The molecule has 2 aromatic carbocycles. The van der Waals surface area contributed by atoms with Crippen molar-refractivity contribution in [1.82, 2.24) is 0 Å². The second-order valence-electron chi connectivity index (χ2n) is 4.88. The fourth-order valence-electron chi connectivity index (χ4n) is 2.21. The van der Waals surface area contributed by atoms with Gasteiger partial charge >= 0.3 is 0 Å². The Bertz CT molecular complexity index is 769. The Hall–Kier alpha value is -1.91. The van der Waals surface area contributed by atoms with Gasteiger partial charge in [-0.05, 0) is 49.4 Å². The van der Waals surface area contributed by atoms with Crippen molar-refractivity contribution in [2.45, 2.75) is 11.8 Å². The molecule has 22 heavy (non-hydrogen) atoms. The van der Waals surface area contributed by atoms with E-state index in [0.29, 0.717) is 15.5 Å². The molecule has 2 aromatic rings. The number of carbonyl (C=O) groups excluding carboxylic acids is 1. The zero-order chi connectivity index (χ0) is 15.7. The van der Waals surface area contributed by atoms with Gasteiger partial charge in [-0.3, -0.25) is 4.79 Å². The first kappa shape index (κ1) is 15.0. The summed E-state index contributed by atoms with van der Waals surface area (Å²) in [7, 11) is 1.63. The number of nitrogens with one attached hydrogen (secondary N) is 1. The number of fused-ring (bicyclic) bond motifs is 1. The SMILES string of the molecule is COc1ccc2c(c1)SC(C(=O)c1ccc(Cl)cc1)=C(C)N2. The molecule has 112 valence electrons. The lowest BCUT2D eigenvalue weighted by Crippen LogP contribution is -2.12. The van der Waals surface area contributed by atoms with E-state index in [1.807, 2.05) is 25.1 Å². The molecule has 1 aliphatic rings. The Morgan fingerprint density at radius 1 is 1.18 bits per heavy atom. The fraction of sp³-hybridized carbons (Fsp3) is 0.118. The van der Waals surface area contributed by atoms with Crippen LogP contribution >= 0.6 is 23.4 Å². The van der Waals surface area contributed by atoms with Crippen molar-refractivity contribution in [1.29, 1.82) is 0 Å². The van der Waals surface area contributed by atoms with Crippen molar-refractivity contribution in [2.24, 2.45) is 0 Å². The summed E-state index contributed by atoms with van der Waals surface area (Å²) in [6.07, 6.45) is 0. The smallest absolute Gasteiger partial charge is 0.201 e. The van der Waals surface area contributed by atoms with E-state index in [1.165, 1.54) is 11.8 Å². The van der Waals surface area contributed by atoms with E-state index in [2.05, 4.69) is 5.32 Å². The average Bonchev–Trinajstić information content (AvgIpc) is 2.54. The third-order valence-electron chi connectivity index (χ3n) is 3.38. The standard InChI is InChI=1S/C17H14ClNO2S/c1-10-17(16(20)11-3-5-12(18)6-4-11)22-15-9-13(21-2)7-8-14(15)19-10/h3-9,19H,1-2H3. The molecule has 0 aliphatic carbocycles. The molecule has 1 aliphatic heterocycles. The van der Waals surface area contributed by atoms with Gasteiger partial charge in [0.1, 0.15) is 5.75 Å². The van der Waals surface area contributed by atoms with Crippen molar-refractivity contribution in [3.05, 3.63) is 63.7 Å². The summed E-state index contributed by atoms with van der Waals surface area (Å²) < 4.78 is 5.24. The maximum absolute atomic E-state index is 12.7. The van der Waals surface area contributed by atoms with Crippen molar-refractivity contribution in [2.75, 3.05) is 12.4 Å². The summed E-state index contributed by atoms with van der Waals surface area (Å²) in [5.41, 5.74) is 2.46. The lowest BCUT2D eigenvalue weighted by atomic mass is 10.1. The lowest BCUT2D eigenvalue weighted by molar-refractivity contribution is 0.104. The van der Waals surface area contributed by atoms with Crippen LogP contribution in [0.25, 0.3) is 0 Å². The van der Waals surface area contributed by atoms with Gasteiger partial charge in [0.05, 0.1) is 17.7 Å². The summed E-state index contributed by atoms with van der Waals surface area (Å²) >= 11 is 7.33. The number of ketones is 1. The molecule has 0 unspecified atom stereocenters. The van der Waals surface area contributed by atoms with Crippen LogP contribution in [0.5, 0.6) is 5.75 Å². The van der Waals surface area contributed by atoms with Crippen LogP contribution in [0, 0.1) is 0 Å². The monoisotopic (exact) mass is 331 g/mol. The molecule has 0 fully saturated rings. The molecule has 1 heterocycles. The van der Waals surface area contributed by atoms with Crippen LogP contribution in [0.15, 0.2) is 58.0 Å². The Kier molecular flexibility index (Phi) is 4.14. The number of halogens is 1. The van der Waals surface area contributed by atoms with Crippen molar-refractivity contribution >= 4 is 34.8 Å². The summed E-state index contributed by atoms with van der Waals surface area (Å²) in [6.45, 7) is 1.91. The molecule has 0 amide bonds. The average molecular weight is 332 g/mol. The number of thioether (sulfide) groups is 1. The number of rotatable bonds is 3. The van der Waals surface area contributed by atoms with E-state index in [4.69, 9.17) is 16.3 Å². The van der Waals surface area contributed by atoms with Gasteiger partial charge in [0.2, 0.25) is 5.78 Å². The highest BCUT2D eigenvalue weighted by Gasteiger charge is 2.23. The molecule has 1 N–H and O–H groups in total. The van der Waals surface area contributed by atoms with E-state index >= 15 is 0 Å². The summed E-state index contributed by atoms with van der Waals surface area (Å²) in [5, 5.41) is 3.90. The lowest BCUT2D eigenvalue weighted by Gasteiger charge is -2.22. The number of anilines is 1. The first-order valence-corrected chi connectivity index (χ1v) is 7.92. The minimum absolute atomic E-state index is 0.0138. The number of allylic oxidation sites excluding steroid dienone is 2. The highest BCUT2D eigenvalue weighted by molar-refractivity contribution is 8.04. The Morgan fingerprint density at radius 2 is 1.91 bits per heavy atom. The Labute approximate surface area is 138 Å². The van der Waals surface area contributed by atoms with Crippen LogP contribution in [-0.2, 0) is 0 Å². The highest BCUT2D eigenvalue weighted by Crippen LogP contribution is 2.42. The fourth-order valence-corrected chi connectivity index (χ4v) is 3.38. The number of methoxy groups -OCH3 is 1. The molecule has 0 atom stereocenters. The first-order valence-electron chi connectivity index (χ1n) is 6.72.